The molecule has 7 nitrogen and oxygen atoms in total. The Hall–Kier alpha value is -2.71. The third-order valence-electron chi connectivity index (χ3n) is 3.77. The molecule has 2 aromatic carbocycles. The summed E-state index contributed by atoms with van der Waals surface area (Å²) >= 11 is 0. The number of oxazole rings is 1. The predicted octanol–water partition coefficient (Wildman–Crippen LogP) is 3.48. The number of aromatic nitrogens is 1. The minimum absolute atomic E-state index is 0.0965. The van der Waals surface area contributed by atoms with Crippen LogP contribution in [0.1, 0.15) is 33.1 Å². The van der Waals surface area contributed by atoms with Gasteiger partial charge in [-0.25, -0.2) is 18.1 Å². The number of aryl methyl sites for hydroxylation is 1. The van der Waals surface area contributed by atoms with Crippen LogP contribution in [0.4, 0.5) is 5.69 Å². The van der Waals surface area contributed by atoms with E-state index in [9.17, 15) is 13.2 Å². The molecule has 0 unspecified atom stereocenters. The van der Waals surface area contributed by atoms with Gasteiger partial charge in [-0.05, 0) is 51.1 Å². The highest BCUT2D eigenvalue weighted by molar-refractivity contribution is 7.89. The molecular weight excluding hydrogens is 378 g/mol. The average molecular weight is 401 g/mol. The first kappa shape index (κ1) is 20.0. The molecule has 0 atom stereocenters. The van der Waals surface area contributed by atoms with Crippen LogP contribution in [0.2, 0.25) is 0 Å². The first-order valence-electron chi connectivity index (χ1n) is 8.91. The number of amides is 1. The van der Waals surface area contributed by atoms with Gasteiger partial charge in [0.15, 0.2) is 11.5 Å². The number of nitrogens with one attached hydrogen (secondary N) is 2. The van der Waals surface area contributed by atoms with Crippen molar-refractivity contribution in [2.24, 2.45) is 0 Å². The number of hydrogen-bond acceptors (Lipinski definition) is 5. The second-order valence-corrected chi connectivity index (χ2v) is 9.19. The van der Waals surface area contributed by atoms with Gasteiger partial charge in [0, 0.05) is 24.1 Å². The number of benzene rings is 2. The van der Waals surface area contributed by atoms with Crippen molar-refractivity contribution in [3.05, 3.63) is 54.4 Å². The summed E-state index contributed by atoms with van der Waals surface area (Å²) in [5, 5.41) is 2.72. The van der Waals surface area contributed by atoms with E-state index < -0.39 is 15.6 Å². The third kappa shape index (κ3) is 5.17. The van der Waals surface area contributed by atoms with Crippen LogP contribution < -0.4 is 10.0 Å². The highest BCUT2D eigenvalue weighted by atomic mass is 32.2. The summed E-state index contributed by atoms with van der Waals surface area (Å²) in [6.45, 7) is 5.30. The lowest BCUT2D eigenvalue weighted by molar-refractivity contribution is -0.116. The molecule has 8 heteroatoms. The molecule has 0 aliphatic carbocycles. The van der Waals surface area contributed by atoms with E-state index in [0.29, 0.717) is 23.6 Å². The number of carbonyl (C=O) groups excluding carboxylic acids is 1. The van der Waals surface area contributed by atoms with Gasteiger partial charge < -0.3 is 9.73 Å². The molecule has 0 radical (unpaired) electrons. The minimum atomic E-state index is -3.67. The zero-order chi connectivity index (χ0) is 20.4. The maximum absolute atomic E-state index is 12.4. The monoisotopic (exact) mass is 401 g/mol. The summed E-state index contributed by atoms with van der Waals surface area (Å²) in [6, 6.07) is 13.6. The molecule has 0 bridgehead atoms. The summed E-state index contributed by atoms with van der Waals surface area (Å²) in [5.41, 5.74) is 1.25. The number of rotatable bonds is 6. The SMILES string of the molecule is CC(C)(C)NS(=O)(=O)c1cccc(NC(=O)CCc2nc3ccccc3o2)c1. The fourth-order valence-corrected chi connectivity index (χ4v) is 4.14. The van der Waals surface area contributed by atoms with Crippen molar-refractivity contribution in [2.45, 2.75) is 44.0 Å². The number of fused-ring (bicyclic) bond motifs is 1. The Bertz CT molecular complexity index is 1060. The van der Waals surface area contributed by atoms with Crippen molar-refractivity contribution in [2.75, 3.05) is 5.32 Å². The molecule has 1 amide bonds. The smallest absolute Gasteiger partial charge is 0.241 e. The number of anilines is 1. The molecule has 0 fully saturated rings. The van der Waals surface area contributed by atoms with Crippen LogP contribution in [0.5, 0.6) is 0 Å². The first-order valence-corrected chi connectivity index (χ1v) is 10.4. The molecule has 3 aromatic rings. The quantitative estimate of drug-likeness (QED) is 0.658. The van der Waals surface area contributed by atoms with Crippen LogP contribution >= 0.6 is 0 Å². The number of carbonyl (C=O) groups is 1. The van der Waals surface area contributed by atoms with Crippen molar-refractivity contribution >= 4 is 32.7 Å². The fraction of sp³-hybridized carbons (Fsp3) is 0.300. The Kier molecular flexibility index (Phi) is 5.53. The molecule has 0 saturated carbocycles. The number of nitrogens with zero attached hydrogens (tertiary/aromatic N) is 1. The van der Waals surface area contributed by atoms with E-state index in [0.717, 1.165) is 5.52 Å². The molecule has 0 aliphatic rings. The van der Waals surface area contributed by atoms with Gasteiger partial charge in [0.2, 0.25) is 15.9 Å². The molecule has 0 aliphatic heterocycles. The highest BCUT2D eigenvalue weighted by Crippen LogP contribution is 2.19. The normalized spacial score (nSPS) is 12.2. The summed E-state index contributed by atoms with van der Waals surface area (Å²) in [5.74, 6) is 0.239. The zero-order valence-corrected chi connectivity index (χ0v) is 16.8. The van der Waals surface area contributed by atoms with E-state index >= 15 is 0 Å². The topological polar surface area (TPSA) is 101 Å². The van der Waals surface area contributed by atoms with Crippen LogP contribution in [0.15, 0.2) is 57.8 Å². The van der Waals surface area contributed by atoms with Crippen LogP contribution in [0, 0.1) is 0 Å². The molecule has 0 saturated heterocycles. The Balaban J connectivity index is 1.64. The van der Waals surface area contributed by atoms with Crippen molar-refractivity contribution < 1.29 is 17.6 Å². The van der Waals surface area contributed by atoms with Gasteiger partial charge in [-0.2, -0.15) is 0 Å². The maximum Gasteiger partial charge on any atom is 0.241 e. The molecule has 2 N–H and O–H groups in total. The van der Waals surface area contributed by atoms with Crippen molar-refractivity contribution in [3.8, 4) is 0 Å². The molecule has 3 rings (SSSR count). The second kappa shape index (κ2) is 7.73. The van der Waals surface area contributed by atoms with Crippen LogP contribution in [-0.2, 0) is 21.2 Å². The third-order valence-corrected chi connectivity index (χ3v) is 5.53. The van der Waals surface area contributed by atoms with Crippen LogP contribution in [0.25, 0.3) is 11.1 Å². The van der Waals surface area contributed by atoms with Crippen molar-refractivity contribution in [1.82, 2.24) is 9.71 Å². The van der Waals surface area contributed by atoms with Gasteiger partial charge in [0.25, 0.3) is 0 Å². The second-order valence-electron chi connectivity index (χ2n) is 7.51. The largest absolute Gasteiger partial charge is 0.441 e. The standard InChI is InChI=1S/C20H23N3O4S/c1-20(2,3)23-28(25,26)15-8-6-7-14(13-15)21-18(24)11-12-19-22-16-9-4-5-10-17(16)27-19/h4-10,13,23H,11-12H2,1-3H3,(H,21,24). The van der Waals surface area contributed by atoms with E-state index in [1.165, 1.54) is 12.1 Å². The molecule has 1 heterocycles. The van der Waals surface area contributed by atoms with E-state index in [1.807, 2.05) is 24.3 Å². The highest BCUT2D eigenvalue weighted by Gasteiger charge is 2.22. The molecule has 28 heavy (non-hydrogen) atoms. The zero-order valence-electron chi connectivity index (χ0n) is 16.0. The molecule has 0 spiro atoms. The Morgan fingerprint density at radius 2 is 1.86 bits per heavy atom. The van der Waals surface area contributed by atoms with Gasteiger partial charge in [0.1, 0.15) is 5.52 Å². The maximum atomic E-state index is 12.4. The lowest BCUT2D eigenvalue weighted by Gasteiger charge is -2.20. The Morgan fingerprint density at radius 1 is 1.11 bits per heavy atom. The van der Waals surface area contributed by atoms with Gasteiger partial charge in [-0.3, -0.25) is 4.79 Å². The molecule has 148 valence electrons. The van der Waals surface area contributed by atoms with Gasteiger partial charge in [-0.1, -0.05) is 18.2 Å². The number of para-hydroxylation sites is 2. The fourth-order valence-electron chi connectivity index (χ4n) is 2.67. The molecular formula is C20H23N3O4S. The summed E-state index contributed by atoms with van der Waals surface area (Å²) in [6.07, 6.45) is 0.522. The number of sulfonamides is 1. The predicted molar refractivity (Wildman–Crippen MR) is 107 cm³/mol. The van der Waals surface area contributed by atoms with E-state index in [2.05, 4.69) is 15.0 Å². The first-order chi connectivity index (χ1) is 13.1. The van der Waals surface area contributed by atoms with Crippen LogP contribution in [-0.4, -0.2) is 24.8 Å². The summed E-state index contributed by atoms with van der Waals surface area (Å²) in [4.78, 5) is 16.7. The van der Waals surface area contributed by atoms with Crippen LogP contribution in [0.3, 0.4) is 0 Å². The molecule has 1 aromatic heterocycles. The van der Waals surface area contributed by atoms with Gasteiger partial charge >= 0.3 is 0 Å². The van der Waals surface area contributed by atoms with Gasteiger partial charge in [-0.15, -0.1) is 0 Å². The Morgan fingerprint density at radius 3 is 2.57 bits per heavy atom. The minimum Gasteiger partial charge on any atom is -0.441 e. The lowest BCUT2D eigenvalue weighted by atomic mass is 10.1. The summed E-state index contributed by atoms with van der Waals surface area (Å²) in [7, 11) is -3.67. The van der Waals surface area contributed by atoms with E-state index in [1.54, 1.807) is 32.9 Å². The van der Waals surface area contributed by atoms with Crippen molar-refractivity contribution in [1.29, 1.82) is 0 Å². The van der Waals surface area contributed by atoms with E-state index in [4.69, 9.17) is 4.42 Å². The average Bonchev–Trinajstić information content (AvgIpc) is 3.01. The van der Waals surface area contributed by atoms with E-state index in [-0.39, 0.29) is 17.2 Å². The number of hydrogen-bond donors (Lipinski definition) is 2. The lowest BCUT2D eigenvalue weighted by Crippen LogP contribution is -2.40. The summed E-state index contributed by atoms with van der Waals surface area (Å²) < 4.78 is 33.1. The van der Waals surface area contributed by atoms with Gasteiger partial charge in [0.05, 0.1) is 4.90 Å². The Labute approximate surface area is 164 Å². The van der Waals surface area contributed by atoms with Crippen molar-refractivity contribution in [3.63, 3.8) is 0 Å².